The monoisotopic (exact) mass is 394 g/mol. The summed E-state index contributed by atoms with van der Waals surface area (Å²) in [5.41, 5.74) is 2.61. The third-order valence-corrected chi connectivity index (χ3v) is 5.36. The molecule has 0 saturated heterocycles. The van der Waals surface area contributed by atoms with Gasteiger partial charge in [0.25, 0.3) is 5.56 Å². The summed E-state index contributed by atoms with van der Waals surface area (Å²) < 4.78 is 12.5. The van der Waals surface area contributed by atoms with Crippen molar-refractivity contribution in [2.75, 3.05) is 25.6 Å². The van der Waals surface area contributed by atoms with Crippen molar-refractivity contribution in [3.63, 3.8) is 0 Å². The number of benzene rings is 1. The number of fused-ring (bicyclic) bond motifs is 1. The van der Waals surface area contributed by atoms with Crippen molar-refractivity contribution >= 4 is 22.7 Å². The molecule has 1 aromatic carbocycles. The molecule has 3 aromatic rings. The van der Waals surface area contributed by atoms with Gasteiger partial charge in [-0.1, -0.05) is 12.8 Å². The van der Waals surface area contributed by atoms with Gasteiger partial charge in [-0.2, -0.15) is 4.98 Å². The number of nitrogens with zero attached hydrogens (tertiary/aromatic N) is 3. The van der Waals surface area contributed by atoms with Crippen LogP contribution in [0.5, 0.6) is 5.75 Å². The van der Waals surface area contributed by atoms with Gasteiger partial charge in [-0.25, -0.2) is 4.98 Å². The first-order valence-corrected chi connectivity index (χ1v) is 10.0. The summed E-state index contributed by atoms with van der Waals surface area (Å²) >= 11 is 0. The number of aryl methyl sites for hydroxylation is 1. The number of methoxy groups -OCH3 is 1. The lowest BCUT2D eigenvalue weighted by molar-refractivity contribution is 0.146. The molecule has 1 aliphatic rings. The highest BCUT2D eigenvalue weighted by molar-refractivity contribution is 5.76. The van der Waals surface area contributed by atoms with Crippen molar-refractivity contribution in [2.45, 2.75) is 38.6 Å². The van der Waals surface area contributed by atoms with E-state index in [4.69, 9.17) is 14.5 Å². The van der Waals surface area contributed by atoms with Crippen molar-refractivity contribution in [3.8, 4) is 5.75 Å². The Hall–Kier alpha value is -2.93. The summed E-state index contributed by atoms with van der Waals surface area (Å²) in [5.74, 6) is 1.27. The van der Waals surface area contributed by atoms with Crippen LogP contribution in [0.3, 0.4) is 0 Å². The molecule has 2 aromatic heterocycles. The first-order chi connectivity index (χ1) is 14.2. The van der Waals surface area contributed by atoms with Gasteiger partial charge in [0.05, 0.1) is 6.61 Å². The minimum Gasteiger partial charge on any atom is -0.491 e. The number of ether oxygens (including phenoxy) is 2. The highest BCUT2D eigenvalue weighted by Crippen LogP contribution is 2.30. The summed E-state index contributed by atoms with van der Waals surface area (Å²) in [7, 11) is 1.65. The van der Waals surface area contributed by atoms with Crippen LogP contribution in [0.25, 0.3) is 11.0 Å². The van der Waals surface area contributed by atoms with E-state index < -0.39 is 0 Å². The van der Waals surface area contributed by atoms with Crippen LogP contribution in [0.4, 0.5) is 11.6 Å². The average Bonchev–Trinajstić information content (AvgIpc) is 3.24. The van der Waals surface area contributed by atoms with Crippen molar-refractivity contribution < 1.29 is 9.47 Å². The summed E-state index contributed by atoms with van der Waals surface area (Å²) in [6.45, 7) is 3.06. The van der Waals surface area contributed by atoms with Crippen LogP contribution >= 0.6 is 0 Å². The predicted molar refractivity (Wildman–Crippen MR) is 113 cm³/mol. The molecular weight excluding hydrogens is 368 g/mol. The quantitative estimate of drug-likeness (QED) is 0.611. The zero-order valence-corrected chi connectivity index (χ0v) is 16.9. The average molecular weight is 394 g/mol. The molecular formula is C22H26N4O3. The van der Waals surface area contributed by atoms with Crippen LogP contribution in [0, 0.1) is 6.92 Å². The van der Waals surface area contributed by atoms with Crippen molar-refractivity contribution in [3.05, 3.63) is 52.4 Å². The summed E-state index contributed by atoms with van der Waals surface area (Å²) in [6, 6.07) is 9.45. The Bertz CT molecular complexity index is 1060. The van der Waals surface area contributed by atoms with Crippen LogP contribution in [-0.2, 0) is 4.74 Å². The fourth-order valence-corrected chi connectivity index (χ4v) is 3.84. The highest BCUT2D eigenvalue weighted by atomic mass is 16.5. The van der Waals surface area contributed by atoms with E-state index in [1.165, 1.54) is 0 Å². The van der Waals surface area contributed by atoms with E-state index in [-0.39, 0.29) is 11.6 Å². The fraction of sp³-hybridized carbons (Fsp3) is 0.409. The zero-order chi connectivity index (χ0) is 20.2. The third kappa shape index (κ3) is 4.24. The second-order valence-electron chi connectivity index (χ2n) is 7.40. The van der Waals surface area contributed by atoms with Gasteiger partial charge in [0, 0.05) is 36.5 Å². The number of rotatable bonds is 7. The molecule has 0 unspecified atom stereocenters. The number of pyridine rings is 1. The van der Waals surface area contributed by atoms with Gasteiger partial charge < -0.3 is 14.8 Å². The van der Waals surface area contributed by atoms with Crippen LogP contribution in [0.15, 0.2) is 41.3 Å². The first-order valence-electron chi connectivity index (χ1n) is 10.0. The van der Waals surface area contributed by atoms with Gasteiger partial charge >= 0.3 is 0 Å². The van der Waals surface area contributed by atoms with E-state index in [0.29, 0.717) is 24.8 Å². The first kappa shape index (κ1) is 19.4. The molecule has 0 atom stereocenters. The van der Waals surface area contributed by atoms with Crippen LogP contribution in [0.2, 0.25) is 0 Å². The van der Waals surface area contributed by atoms with Gasteiger partial charge in [-0.05, 0) is 49.6 Å². The molecule has 0 spiro atoms. The number of hydrogen-bond donors (Lipinski definition) is 1. The van der Waals surface area contributed by atoms with Crippen LogP contribution in [0.1, 0.15) is 37.3 Å². The molecule has 1 N–H and O–H groups in total. The van der Waals surface area contributed by atoms with Crippen molar-refractivity contribution in [1.82, 2.24) is 14.5 Å². The molecule has 0 bridgehead atoms. The van der Waals surface area contributed by atoms with Crippen LogP contribution < -0.4 is 15.6 Å². The Labute approximate surface area is 169 Å². The molecule has 152 valence electrons. The van der Waals surface area contributed by atoms with E-state index in [9.17, 15) is 4.79 Å². The van der Waals surface area contributed by atoms with Gasteiger partial charge in [-0.15, -0.1) is 0 Å². The Morgan fingerprint density at radius 2 is 2.00 bits per heavy atom. The molecule has 1 saturated carbocycles. The summed E-state index contributed by atoms with van der Waals surface area (Å²) in [6.07, 6.45) is 6.13. The molecule has 1 fully saturated rings. The lowest BCUT2D eigenvalue weighted by Gasteiger charge is -2.16. The predicted octanol–water partition coefficient (Wildman–Crippen LogP) is 3.98. The molecule has 0 radical (unpaired) electrons. The second-order valence-corrected chi connectivity index (χ2v) is 7.40. The van der Waals surface area contributed by atoms with Crippen LogP contribution in [-0.4, -0.2) is 34.9 Å². The number of aromatic nitrogens is 3. The minimum atomic E-state index is 0.00258. The Morgan fingerprint density at radius 1 is 1.17 bits per heavy atom. The number of anilines is 2. The van der Waals surface area contributed by atoms with E-state index in [1.807, 2.05) is 29.7 Å². The largest absolute Gasteiger partial charge is 0.491 e. The lowest BCUT2D eigenvalue weighted by atomic mass is 10.2. The molecule has 1 aliphatic carbocycles. The van der Waals surface area contributed by atoms with Crippen molar-refractivity contribution in [2.24, 2.45) is 0 Å². The maximum atomic E-state index is 12.5. The van der Waals surface area contributed by atoms with E-state index in [0.717, 1.165) is 48.1 Å². The maximum absolute atomic E-state index is 12.5. The van der Waals surface area contributed by atoms with E-state index in [1.54, 1.807) is 25.4 Å². The Kier molecular flexibility index (Phi) is 5.76. The SMILES string of the molecule is COCCOc1ccc(Nc2ncc3ccc(=O)n(C4CCCC4)c3n2)c(C)c1. The number of hydrogen-bond acceptors (Lipinski definition) is 6. The standard InChI is InChI=1S/C22H26N4O3/c1-15-13-18(29-12-11-28-2)8-9-19(15)24-22-23-14-16-7-10-20(27)26(21(16)25-22)17-5-3-4-6-17/h7-10,13-14,17H,3-6,11-12H2,1-2H3,(H,23,24,25). The Morgan fingerprint density at radius 3 is 2.76 bits per heavy atom. The molecule has 7 nitrogen and oxygen atoms in total. The van der Waals surface area contributed by atoms with Gasteiger partial charge in [-0.3, -0.25) is 9.36 Å². The smallest absolute Gasteiger partial charge is 0.252 e. The molecule has 7 heteroatoms. The topological polar surface area (TPSA) is 78.3 Å². The van der Waals surface area contributed by atoms with Gasteiger partial charge in [0.1, 0.15) is 18.0 Å². The molecule has 29 heavy (non-hydrogen) atoms. The fourth-order valence-electron chi connectivity index (χ4n) is 3.84. The van der Waals surface area contributed by atoms with E-state index >= 15 is 0 Å². The van der Waals surface area contributed by atoms with Crippen molar-refractivity contribution in [1.29, 1.82) is 0 Å². The van der Waals surface area contributed by atoms with Gasteiger partial charge in [0.2, 0.25) is 5.95 Å². The minimum absolute atomic E-state index is 0.00258. The Balaban J connectivity index is 1.61. The number of nitrogens with one attached hydrogen (secondary N) is 1. The third-order valence-electron chi connectivity index (χ3n) is 5.36. The molecule has 4 rings (SSSR count). The van der Waals surface area contributed by atoms with Gasteiger partial charge in [0.15, 0.2) is 0 Å². The van der Waals surface area contributed by atoms with E-state index in [2.05, 4.69) is 10.3 Å². The summed E-state index contributed by atoms with van der Waals surface area (Å²) in [5, 5.41) is 4.15. The lowest BCUT2D eigenvalue weighted by Crippen LogP contribution is -2.23. The molecule has 0 aliphatic heterocycles. The summed E-state index contributed by atoms with van der Waals surface area (Å²) in [4.78, 5) is 21.7. The normalized spacial score (nSPS) is 14.4. The molecule has 2 heterocycles. The molecule has 0 amide bonds. The second kappa shape index (κ2) is 8.61. The maximum Gasteiger partial charge on any atom is 0.252 e. The highest BCUT2D eigenvalue weighted by Gasteiger charge is 2.20. The zero-order valence-electron chi connectivity index (χ0n) is 16.9.